The number of anilines is 1. The third kappa shape index (κ3) is 4.24. The summed E-state index contributed by atoms with van der Waals surface area (Å²) in [4.78, 5) is 15.5. The van der Waals surface area contributed by atoms with E-state index in [-0.39, 0.29) is 75.4 Å². The fourth-order valence-corrected chi connectivity index (χ4v) is 9.72. The van der Waals surface area contributed by atoms with E-state index < -0.39 is 25.8 Å². The molecule has 2 bridgehead atoms. The molecule has 2 aliphatic carbocycles. The van der Waals surface area contributed by atoms with Gasteiger partial charge in [-0.3, -0.25) is 4.79 Å². The number of nitrogens with one attached hydrogen (secondary N) is 1. The predicted octanol–water partition coefficient (Wildman–Crippen LogP) is 3.26. The number of hydrogen-bond donors (Lipinski definition) is 2. The number of halogens is 1. The first-order chi connectivity index (χ1) is 17.9. The standard InChI is InChI=1S/C25H26FN3O6S3/c1-37(32,33)9-8-16-12-36-24-22(16)38(34,35)28-23(27-24)19-21(30)18-14-4-5-15(10-14)20(18)29(25(19)31)11-13-2-6-17(26)7-3-13/h2-3,6-7,12,14-15,18,20,30H,4-5,8-11H2,1H3,(H,27,28)/t14-,15+,18+,20-/m0/s1. The normalized spacial score (nSPS) is 27.7. The zero-order valence-electron chi connectivity index (χ0n) is 20.4. The summed E-state index contributed by atoms with van der Waals surface area (Å²) in [5.74, 6) is -1.43. The van der Waals surface area contributed by atoms with Crippen molar-refractivity contribution in [3.05, 3.63) is 57.9 Å². The third-order valence-corrected chi connectivity index (χ3v) is 11.5. The molecule has 0 unspecified atom stereocenters. The Bertz CT molecular complexity index is 1610. The first-order valence-electron chi connectivity index (χ1n) is 12.3. The molecule has 0 spiro atoms. The van der Waals surface area contributed by atoms with E-state index >= 15 is 0 Å². The molecule has 2 fully saturated rings. The van der Waals surface area contributed by atoms with Gasteiger partial charge >= 0.3 is 0 Å². The van der Waals surface area contributed by atoms with Gasteiger partial charge in [-0.1, -0.05) is 12.1 Å². The second-order valence-electron chi connectivity index (χ2n) is 10.5. The van der Waals surface area contributed by atoms with Crippen LogP contribution in [0.25, 0.3) is 0 Å². The Labute approximate surface area is 224 Å². The molecule has 13 heteroatoms. The maximum absolute atomic E-state index is 13.9. The van der Waals surface area contributed by atoms with E-state index in [0.29, 0.717) is 5.56 Å². The zero-order chi connectivity index (χ0) is 27.0. The molecule has 1 aromatic heterocycles. The molecule has 1 amide bonds. The Hall–Kier alpha value is -2.77. The molecule has 4 atom stereocenters. The fraction of sp³-hybridized carbons (Fsp3) is 0.440. The van der Waals surface area contributed by atoms with E-state index in [4.69, 9.17) is 0 Å². The maximum Gasteiger partial charge on any atom is 0.287 e. The number of aliphatic hydroxyl groups excluding tert-OH is 1. The van der Waals surface area contributed by atoms with Crippen molar-refractivity contribution in [3.8, 4) is 0 Å². The van der Waals surface area contributed by atoms with E-state index in [1.165, 1.54) is 12.1 Å². The average molecular weight is 580 g/mol. The van der Waals surface area contributed by atoms with Gasteiger partial charge in [0.05, 0.1) is 5.75 Å². The minimum absolute atomic E-state index is 0.0155. The van der Waals surface area contributed by atoms with Gasteiger partial charge in [0.25, 0.3) is 15.9 Å². The van der Waals surface area contributed by atoms with Crippen molar-refractivity contribution >= 4 is 47.9 Å². The molecule has 202 valence electrons. The van der Waals surface area contributed by atoms with Gasteiger partial charge in [0, 0.05) is 24.8 Å². The predicted molar refractivity (Wildman–Crippen MR) is 141 cm³/mol. The number of aliphatic hydroxyl groups is 1. The highest BCUT2D eigenvalue weighted by Crippen LogP contribution is 2.55. The quantitative estimate of drug-likeness (QED) is 0.537. The molecule has 9 nitrogen and oxygen atoms in total. The molecular formula is C25H26FN3O6S3. The minimum Gasteiger partial charge on any atom is -0.511 e. The Morgan fingerprint density at radius 3 is 2.63 bits per heavy atom. The van der Waals surface area contributed by atoms with Gasteiger partial charge in [-0.2, -0.15) is 8.42 Å². The molecule has 6 rings (SSSR count). The Morgan fingerprint density at radius 1 is 1.21 bits per heavy atom. The summed E-state index contributed by atoms with van der Waals surface area (Å²) in [6.45, 7) is 0.195. The topological polar surface area (TPSA) is 133 Å². The molecule has 3 heterocycles. The van der Waals surface area contributed by atoms with Crippen molar-refractivity contribution in [2.45, 2.75) is 43.2 Å². The van der Waals surface area contributed by atoms with Crippen molar-refractivity contribution in [3.63, 3.8) is 0 Å². The number of thiophene rings is 1. The monoisotopic (exact) mass is 579 g/mol. The molecule has 1 aromatic carbocycles. The number of carbonyl (C=O) groups excluding carboxylic acids is 1. The number of sulfone groups is 1. The van der Waals surface area contributed by atoms with E-state index in [2.05, 4.69) is 9.71 Å². The van der Waals surface area contributed by atoms with Crippen LogP contribution in [0.1, 0.15) is 30.4 Å². The van der Waals surface area contributed by atoms with Gasteiger partial charge in [-0.15, -0.1) is 15.7 Å². The van der Waals surface area contributed by atoms with Crippen LogP contribution in [-0.2, 0) is 37.6 Å². The van der Waals surface area contributed by atoms with Crippen LogP contribution in [0.15, 0.2) is 50.3 Å². The van der Waals surface area contributed by atoms with Crippen LogP contribution < -0.4 is 5.32 Å². The third-order valence-electron chi connectivity index (χ3n) is 8.04. The summed E-state index contributed by atoms with van der Waals surface area (Å²) in [6, 6.07) is 5.65. The summed E-state index contributed by atoms with van der Waals surface area (Å²) in [5.41, 5.74) is 0.899. The van der Waals surface area contributed by atoms with Crippen molar-refractivity contribution in [2.24, 2.45) is 22.2 Å². The molecule has 2 saturated carbocycles. The second-order valence-corrected chi connectivity index (χ2v) is 15.2. The number of sulfonamides is 1. The first-order valence-corrected chi connectivity index (χ1v) is 16.7. The molecule has 4 aliphatic rings. The van der Waals surface area contributed by atoms with Crippen molar-refractivity contribution in [2.75, 3.05) is 17.3 Å². The first kappa shape index (κ1) is 25.5. The summed E-state index contributed by atoms with van der Waals surface area (Å²) in [7, 11) is -7.58. The highest BCUT2D eigenvalue weighted by Gasteiger charge is 2.57. The van der Waals surface area contributed by atoms with E-state index in [1.807, 2.05) is 0 Å². The highest BCUT2D eigenvalue weighted by molar-refractivity contribution is 7.91. The van der Waals surface area contributed by atoms with Crippen LogP contribution in [0.2, 0.25) is 0 Å². The average Bonchev–Trinajstić information content (AvgIpc) is 3.56. The zero-order valence-corrected chi connectivity index (χ0v) is 22.9. The number of benzene rings is 1. The van der Waals surface area contributed by atoms with Crippen molar-refractivity contribution in [1.29, 1.82) is 0 Å². The Kier molecular flexibility index (Phi) is 5.96. The SMILES string of the molecule is CS(=O)(=O)CCc1csc2c1S(=O)(=O)N=C(C1=C(O)[C@@H]3[C@H]4CC[C@H](C4)[C@@H]3N(Cc3ccc(F)cc3)C1=O)N2. The van der Waals surface area contributed by atoms with Gasteiger partial charge in [0.1, 0.15) is 36.9 Å². The highest BCUT2D eigenvalue weighted by atomic mass is 32.2. The summed E-state index contributed by atoms with van der Waals surface area (Å²) < 4.78 is 67.2. The number of amidine groups is 1. The number of amides is 1. The van der Waals surface area contributed by atoms with Gasteiger partial charge in [0.15, 0.2) is 5.84 Å². The summed E-state index contributed by atoms with van der Waals surface area (Å²) >= 11 is 1.08. The molecule has 2 aromatic rings. The van der Waals surface area contributed by atoms with Crippen LogP contribution in [-0.4, -0.2) is 56.6 Å². The lowest BCUT2D eigenvalue weighted by Gasteiger charge is -2.44. The second kappa shape index (κ2) is 8.88. The van der Waals surface area contributed by atoms with Crippen LogP contribution in [0.4, 0.5) is 9.39 Å². The molecule has 0 saturated heterocycles. The van der Waals surface area contributed by atoms with Crippen LogP contribution in [0, 0.1) is 23.6 Å². The molecule has 0 radical (unpaired) electrons. The smallest absolute Gasteiger partial charge is 0.287 e. The molecule has 2 N–H and O–H groups in total. The van der Waals surface area contributed by atoms with Crippen LogP contribution >= 0.6 is 11.3 Å². The Morgan fingerprint density at radius 2 is 1.92 bits per heavy atom. The maximum atomic E-state index is 13.9. The number of rotatable bonds is 6. The van der Waals surface area contributed by atoms with Gasteiger partial charge < -0.3 is 15.3 Å². The van der Waals surface area contributed by atoms with Crippen molar-refractivity contribution in [1.82, 2.24) is 4.90 Å². The molecular weight excluding hydrogens is 553 g/mol. The van der Waals surface area contributed by atoms with E-state index in [1.54, 1.807) is 22.4 Å². The van der Waals surface area contributed by atoms with E-state index in [9.17, 15) is 31.1 Å². The Balaban J connectivity index is 1.39. The lowest BCUT2D eigenvalue weighted by atomic mass is 9.77. The van der Waals surface area contributed by atoms with Gasteiger partial charge in [0.2, 0.25) is 0 Å². The van der Waals surface area contributed by atoms with Crippen LogP contribution in [0.5, 0.6) is 0 Å². The largest absolute Gasteiger partial charge is 0.511 e. The minimum atomic E-state index is -4.27. The summed E-state index contributed by atoms with van der Waals surface area (Å²) in [5, 5.41) is 16.1. The number of carbonyl (C=O) groups is 1. The fourth-order valence-electron chi connectivity index (χ4n) is 6.46. The summed E-state index contributed by atoms with van der Waals surface area (Å²) in [6.07, 6.45) is 3.83. The van der Waals surface area contributed by atoms with Crippen LogP contribution in [0.3, 0.4) is 0 Å². The van der Waals surface area contributed by atoms with Gasteiger partial charge in [-0.05, 0) is 66.2 Å². The molecule has 38 heavy (non-hydrogen) atoms. The number of nitrogens with zero attached hydrogens (tertiary/aromatic N) is 2. The van der Waals surface area contributed by atoms with Crippen molar-refractivity contribution < 1.29 is 31.1 Å². The lowest BCUT2D eigenvalue weighted by molar-refractivity contribution is -0.134. The molecule has 2 aliphatic heterocycles. The number of fused-ring (bicyclic) bond motifs is 6. The van der Waals surface area contributed by atoms with E-state index in [0.717, 1.165) is 42.4 Å². The van der Waals surface area contributed by atoms with Gasteiger partial charge in [-0.25, -0.2) is 12.8 Å². The lowest BCUT2D eigenvalue weighted by Crippen LogP contribution is -2.53. The number of aryl methyl sites for hydroxylation is 1. The number of hydrogen-bond acceptors (Lipinski definition) is 8.